The number of hydrogen-bond acceptors (Lipinski definition) is 6. The van der Waals surface area contributed by atoms with Crippen LogP contribution in [0.15, 0.2) is 48.7 Å². The molecule has 7 heteroatoms. The Morgan fingerprint density at radius 1 is 1.19 bits per heavy atom. The minimum atomic E-state index is -0.554. The Hall–Kier alpha value is -2.64. The van der Waals surface area contributed by atoms with Crippen molar-refractivity contribution >= 4 is 17.4 Å². The van der Waals surface area contributed by atoms with Crippen LogP contribution in [0, 0.1) is 0 Å². The number of ether oxygens (including phenoxy) is 1. The number of aliphatic hydroxyl groups excluding tert-OH is 1. The third-order valence-corrected chi connectivity index (χ3v) is 4.43. The lowest BCUT2D eigenvalue weighted by Gasteiger charge is -2.36. The largest absolute Gasteiger partial charge is 0.491 e. The molecule has 144 valence electrons. The van der Waals surface area contributed by atoms with Gasteiger partial charge in [-0.05, 0) is 36.4 Å². The Bertz CT molecular complexity index is 716. The SMILES string of the molecule is CC(=O)Nc1ccc(OC[C@@H](O)CN2CCN(c3ccccn3)CC2)cc1. The van der Waals surface area contributed by atoms with Crippen LogP contribution in [0.4, 0.5) is 11.5 Å². The lowest BCUT2D eigenvalue weighted by molar-refractivity contribution is -0.114. The van der Waals surface area contributed by atoms with Gasteiger partial charge in [-0.2, -0.15) is 0 Å². The highest BCUT2D eigenvalue weighted by atomic mass is 16.5. The maximum Gasteiger partial charge on any atom is 0.221 e. The molecule has 1 aromatic heterocycles. The van der Waals surface area contributed by atoms with Crippen LogP contribution in [0.25, 0.3) is 0 Å². The summed E-state index contributed by atoms with van der Waals surface area (Å²) in [7, 11) is 0. The van der Waals surface area contributed by atoms with E-state index in [4.69, 9.17) is 4.74 Å². The molecule has 27 heavy (non-hydrogen) atoms. The molecule has 7 nitrogen and oxygen atoms in total. The number of hydrogen-bond donors (Lipinski definition) is 2. The van der Waals surface area contributed by atoms with Gasteiger partial charge in [0.15, 0.2) is 0 Å². The van der Waals surface area contributed by atoms with Gasteiger partial charge in [0.1, 0.15) is 24.3 Å². The Morgan fingerprint density at radius 3 is 2.56 bits per heavy atom. The molecule has 2 heterocycles. The molecule has 0 saturated carbocycles. The Balaban J connectivity index is 1.38. The predicted octanol–water partition coefficient (Wildman–Crippen LogP) is 1.60. The summed E-state index contributed by atoms with van der Waals surface area (Å²) < 4.78 is 5.65. The zero-order valence-corrected chi connectivity index (χ0v) is 15.5. The maximum atomic E-state index is 11.0. The summed E-state index contributed by atoms with van der Waals surface area (Å²) in [6.45, 7) is 5.86. The summed E-state index contributed by atoms with van der Waals surface area (Å²) in [5.41, 5.74) is 0.723. The van der Waals surface area contributed by atoms with Gasteiger partial charge >= 0.3 is 0 Å². The standard InChI is InChI=1S/C20H26N4O3/c1-16(25)22-17-5-7-19(8-6-17)27-15-18(26)14-23-10-12-24(13-11-23)20-4-2-3-9-21-20/h2-9,18,26H,10-15H2,1H3,(H,22,25)/t18-/m0/s1. The zero-order valence-electron chi connectivity index (χ0n) is 15.5. The van der Waals surface area contributed by atoms with Crippen LogP contribution in [0.5, 0.6) is 5.75 Å². The topological polar surface area (TPSA) is 77.9 Å². The van der Waals surface area contributed by atoms with Gasteiger partial charge in [-0.3, -0.25) is 9.69 Å². The number of carbonyl (C=O) groups is 1. The third kappa shape index (κ3) is 5.94. The first-order valence-electron chi connectivity index (χ1n) is 9.17. The van der Waals surface area contributed by atoms with Gasteiger partial charge in [-0.25, -0.2) is 4.98 Å². The number of anilines is 2. The lowest BCUT2D eigenvalue weighted by Crippen LogP contribution is -2.49. The number of nitrogens with one attached hydrogen (secondary N) is 1. The van der Waals surface area contributed by atoms with Crippen molar-refractivity contribution in [2.24, 2.45) is 0 Å². The van der Waals surface area contributed by atoms with Crippen LogP contribution >= 0.6 is 0 Å². The van der Waals surface area contributed by atoms with E-state index in [-0.39, 0.29) is 12.5 Å². The average Bonchev–Trinajstić information content (AvgIpc) is 2.68. The quantitative estimate of drug-likeness (QED) is 0.771. The highest BCUT2D eigenvalue weighted by Gasteiger charge is 2.20. The summed E-state index contributed by atoms with van der Waals surface area (Å²) in [5.74, 6) is 1.56. The van der Waals surface area contributed by atoms with E-state index in [0.717, 1.165) is 37.7 Å². The molecule has 2 N–H and O–H groups in total. The molecule has 1 atom stereocenters. The van der Waals surface area contributed by atoms with Crippen molar-refractivity contribution < 1.29 is 14.6 Å². The molecule has 1 aliphatic heterocycles. The first kappa shape index (κ1) is 19.1. The Morgan fingerprint density at radius 2 is 1.93 bits per heavy atom. The van der Waals surface area contributed by atoms with Crippen LogP contribution in [-0.4, -0.2) is 66.3 Å². The number of nitrogens with zero attached hydrogens (tertiary/aromatic N) is 3. The van der Waals surface area contributed by atoms with Crippen molar-refractivity contribution in [3.05, 3.63) is 48.7 Å². The summed E-state index contributed by atoms with van der Waals surface area (Å²) in [4.78, 5) is 19.9. The molecule has 1 aromatic carbocycles. The minimum Gasteiger partial charge on any atom is -0.491 e. The van der Waals surface area contributed by atoms with E-state index < -0.39 is 6.10 Å². The molecule has 0 spiro atoms. The van der Waals surface area contributed by atoms with E-state index in [0.29, 0.717) is 12.3 Å². The number of aromatic nitrogens is 1. The molecule has 0 unspecified atom stereocenters. The van der Waals surface area contributed by atoms with Crippen LogP contribution in [0.1, 0.15) is 6.92 Å². The van der Waals surface area contributed by atoms with Gasteiger partial charge in [-0.15, -0.1) is 0 Å². The second-order valence-corrected chi connectivity index (χ2v) is 6.65. The number of piperazine rings is 1. The number of pyridine rings is 1. The van der Waals surface area contributed by atoms with E-state index in [2.05, 4.69) is 20.1 Å². The second-order valence-electron chi connectivity index (χ2n) is 6.65. The number of benzene rings is 1. The number of β-amino-alcohol motifs (C(OH)–C–C–N with tert-alkyl or cyclic N) is 1. The highest BCUT2D eigenvalue weighted by Crippen LogP contribution is 2.16. The van der Waals surface area contributed by atoms with Crippen LogP contribution in [0.3, 0.4) is 0 Å². The summed E-state index contributed by atoms with van der Waals surface area (Å²) in [6, 6.07) is 13.1. The van der Waals surface area contributed by atoms with Crippen molar-refractivity contribution in [2.75, 3.05) is 49.5 Å². The molecule has 0 bridgehead atoms. The second kappa shape index (κ2) is 9.34. The minimum absolute atomic E-state index is 0.109. The lowest BCUT2D eigenvalue weighted by atomic mass is 10.2. The summed E-state index contributed by atoms with van der Waals surface area (Å²) >= 11 is 0. The Labute approximate surface area is 159 Å². The molecule has 3 rings (SSSR count). The number of rotatable bonds is 7. The number of carbonyl (C=O) groups excluding carboxylic acids is 1. The summed E-state index contributed by atoms with van der Waals surface area (Å²) in [6.07, 6.45) is 1.26. The van der Waals surface area contributed by atoms with Gasteiger partial charge in [0, 0.05) is 51.5 Å². The van der Waals surface area contributed by atoms with E-state index in [1.54, 1.807) is 24.3 Å². The summed E-state index contributed by atoms with van der Waals surface area (Å²) in [5, 5.41) is 13.0. The molecule has 0 aliphatic carbocycles. The van der Waals surface area contributed by atoms with E-state index >= 15 is 0 Å². The van der Waals surface area contributed by atoms with Crippen LogP contribution < -0.4 is 15.0 Å². The first-order chi connectivity index (χ1) is 13.1. The monoisotopic (exact) mass is 370 g/mol. The fourth-order valence-corrected chi connectivity index (χ4v) is 3.08. The molecule has 1 aliphatic rings. The molecular weight excluding hydrogens is 344 g/mol. The van der Waals surface area contributed by atoms with Crippen molar-refractivity contribution in [3.63, 3.8) is 0 Å². The Kier molecular flexibility index (Phi) is 6.62. The smallest absolute Gasteiger partial charge is 0.221 e. The maximum absolute atomic E-state index is 11.0. The van der Waals surface area contributed by atoms with Crippen LogP contribution in [0.2, 0.25) is 0 Å². The first-order valence-corrected chi connectivity index (χ1v) is 9.17. The van der Waals surface area contributed by atoms with Crippen molar-refractivity contribution in [3.8, 4) is 5.75 Å². The predicted molar refractivity (Wildman–Crippen MR) is 105 cm³/mol. The molecule has 2 aromatic rings. The average molecular weight is 370 g/mol. The van der Waals surface area contributed by atoms with E-state index in [1.165, 1.54) is 6.92 Å². The molecule has 1 amide bonds. The molecule has 1 fully saturated rings. The van der Waals surface area contributed by atoms with Crippen molar-refractivity contribution in [1.29, 1.82) is 0 Å². The van der Waals surface area contributed by atoms with Gasteiger partial charge < -0.3 is 20.1 Å². The van der Waals surface area contributed by atoms with Gasteiger partial charge in [0.2, 0.25) is 5.91 Å². The normalized spacial score (nSPS) is 16.0. The number of amides is 1. The third-order valence-electron chi connectivity index (χ3n) is 4.43. The number of aliphatic hydroxyl groups is 1. The fraction of sp³-hybridized carbons (Fsp3) is 0.400. The highest BCUT2D eigenvalue weighted by molar-refractivity contribution is 5.88. The molecule has 1 saturated heterocycles. The fourth-order valence-electron chi connectivity index (χ4n) is 3.08. The molecule has 0 radical (unpaired) electrons. The zero-order chi connectivity index (χ0) is 19.1. The van der Waals surface area contributed by atoms with E-state index in [9.17, 15) is 9.90 Å². The van der Waals surface area contributed by atoms with Crippen LogP contribution in [-0.2, 0) is 4.79 Å². The van der Waals surface area contributed by atoms with Crippen molar-refractivity contribution in [2.45, 2.75) is 13.0 Å². The van der Waals surface area contributed by atoms with E-state index in [1.807, 2.05) is 24.4 Å². The molecular formula is C20H26N4O3. The van der Waals surface area contributed by atoms with Gasteiger partial charge in [-0.1, -0.05) is 6.07 Å². The van der Waals surface area contributed by atoms with Gasteiger partial charge in [0.05, 0.1) is 0 Å². The van der Waals surface area contributed by atoms with Crippen molar-refractivity contribution in [1.82, 2.24) is 9.88 Å². The van der Waals surface area contributed by atoms with Gasteiger partial charge in [0.25, 0.3) is 0 Å².